The Morgan fingerprint density at radius 2 is 1.71 bits per heavy atom. The summed E-state index contributed by atoms with van der Waals surface area (Å²) in [5.41, 5.74) is 0.295. The maximum absolute atomic E-state index is 12.6. The summed E-state index contributed by atoms with van der Waals surface area (Å²) in [7, 11) is -3.58. The number of amides is 1. The fourth-order valence-corrected chi connectivity index (χ4v) is 4.49. The van der Waals surface area contributed by atoms with Crippen LogP contribution in [0.2, 0.25) is 0 Å². The van der Waals surface area contributed by atoms with Crippen LogP contribution in [0.15, 0.2) is 45.7 Å². The first kappa shape index (κ1) is 20.1. The number of benzene rings is 1. The first-order valence-electron chi connectivity index (χ1n) is 8.86. The Morgan fingerprint density at radius 3 is 2.29 bits per heavy atom. The highest BCUT2D eigenvalue weighted by molar-refractivity contribution is 7.89. The molecule has 1 saturated heterocycles. The molecule has 1 aliphatic rings. The van der Waals surface area contributed by atoms with Gasteiger partial charge in [0, 0.05) is 26.2 Å². The molecule has 1 amide bonds. The van der Waals surface area contributed by atoms with Gasteiger partial charge in [-0.15, -0.1) is 0 Å². The number of piperazine rings is 1. The van der Waals surface area contributed by atoms with Crippen molar-refractivity contribution in [1.29, 1.82) is 0 Å². The second-order valence-electron chi connectivity index (χ2n) is 6.50. The van der Waals surface area contributed by atoms with Crippen LogP contribution in [0.4, 0.5) is 0 Å². The zero-order chi connectivity index (χ0) is 20.3. The fourth-order valence-electron chi connectivity index (χ4n) is 3.05. The summed E-state index contributed by atoms with van der Waals surface area (Å²) in [6.07, 6.45) is 0. The van der Waals surface area contributed by atoms with Crippen LogP contribution < -0.4 is 0 Å². The van der Waals surface area contributed by atoms with Gasteiger partial charge >= 0.3 is 5.97 Å². The van der Waals surface area contributed by atoms with Crippen molar-refractivity contribution in [3.8, 4) is 0 Å². The van der Waals surface area contributed by atoms with E-state index in [4.69, 9.17) is 9.15 Å². The number of carbonyl (C=O) groups excluding carboxylic acids is 2. The molecule has 2 aromatic rings. The Kier molecular flexibility index (Phi) is 5.85. The van der Waals surface area contributed by atoms with E-state index in [0.29, 0.717) is 17.1 Å². The maximum atomic E-state index is 12.6. The lowest BCUT2D eigenvalue weighted by atomic mass is 10.2. The van der Waals surface area contributed by atoms with Crippen molar-refractivity contribution >= 4 is 21.9 Å². The highest BCUT2D eigenvalue weighted by Crippen LogP contribution is 2.18. The van der Waals surface area contributed by atoms with E-state index < -0.39 is 22.6 Å². The quantitative estimate of drug-likeness (QED) is 0.700. The minimum absolute atomic E-state index is 0.191. The van der Waals surface area contributed by atoms with Gasteiger partial charge in [-0.25, -0.2) is 13.2 Å². The fraction of sp³-hybridized carbons (Fsp3) is 0.368. The van der Waals surface area contributed by atoms with Crippen LogP contribution in [0.25, 0.3) is 0 Å². The smallest absolute Gasteiger partial charge is 0.342 e. The van der Waals surface area contributed by atoms with Gasteiger partial charge in [-0.05, 0) is 32.0 Å². The van der Waals surface area contributed by atoms with Crippen molar-refractivity contribution in [2.24, 2.45) is 0 Å². The molecule has 8 nitrogen and oxygen atoms in total. The van der Waals surface area contributed by atoms with E-state index >= 15 is 0 Å². The van der Waals surface area contributed by atoms with Crippen molar-refractivity contribution in [2.75, 3.05) is 32.8 Å². The van der Waals surface area contributed by atoms with Crippen molar-refractivity contribution in [3.05, 3.63) is 53.5 Å². The molecular formula is C19H22N2O6S. The number of furan rings is 1. The van der Waals surface area contributed by atoms with Crippen LogP contribution in [-0.4, -0.2) is 62.3 Å². The van der Waals surface area contributed by atoms with Gasteiger partial charge in [0.1, 0.15) is 17.1 Å². The number of rotatable bonds is 5. The number of nitrogens with zero attached hydrogens (tertiary/aromatic N) is 2. The van der Waals surface area contributed by atoms with Crippen molar-refractivity contribution < 1.29 is 27.2 Å². The van der Waals surface area contributed by atoms with E-state index in [9.17, 15) is 18.0 Å². The van der Waals surface area contributed by atoms with Gasteiger partial charge in [0.05, 0.1) is 4.90 Å². The number of sulfonamides is 1. The SMILES string of the molecule is Cc1cc(C(=O)OCC(=O)N2CCN(S(=O)(=O)c3ccccc3)CC2)c(C)o1. The lowest BCUT2D eigenvalue weighted by molar-refractivity contribution is -0.135. The molecule has 1 fully saturated rings. The molecule has 0 saturated carbocycles. The summed E-state index contributed by atoms with van der Waals surface area (Å²) in [6.45, 7) is 3.84. The zero-order valence-electron chi connectivity index (χ0n) is 15.8. The third-order valence-electron chi connectivity index (χ3n) is 4.56. The molecule has 3 rings (SSSR count). The lowest BCUT2D eigenvalue weighted by Crippen LogP contribution is -2.51. The topological polar surface area (TPSA) is 97.1 Å². The van der Waals surface area contributed by atoms with Crippen LogP contribution in [0.1, 0.15) is 21.9 Å². The largest absolute Gasteiger partial charge is 0.466 e. The van der Waals surface area contributed by atoms with Gasteiger partial charge < -0.3 is 14.1 Å². The predicted octanol–water partition coefficient (Wildman–Crippen LogP) is 1.59. The van der Waals surface area contributed by atoms with Gasteiger partial charge in [0.2, 0.25) is 10.0 Å². The first-order valence-corrected chi connectivity index (χ1v) is 10.3. The standard InChI is InChI=1S/C19H22N2O6S/c1-14-12-17(15(2)27-14)19(23)26-13-18(22)20-8-10-21(11-9-20)28(24,25)16-6-4-3-5-7-16/h3-7,12H,8-11,13H2,1-2H3. The average Bonchev–Trinajstić information content (AvgIpc) is 3.04. The number of esters is 1. The highest BCUT2D eigenvalue weighted by atomic mass is 32.2. The molecule has 2 heterocycles. The Balaban J connectivity index is 1.53. The van der Waals surface area contributed by atoms with Gasteiger partial charge in [-0.3, -0.25) is 4.79 Å². The number of hydrogen-bond donors (Lipinski definition) is 0. The molecule has 150 valence electrons. The number of hydrogen-bond acceptors (Lipinski definition) is 6. The van der Waals surface area contributed by atoms with Gasteiger partial charge in [-0.2, -0.15) is 4.31 Å². The minimum atomic E-state index is -3.58. The maximum Gasteiger partial charge on any atom is 0.342 e. The predicted molar refractivity (Wildman–Crippen MR) is 100 cm³/mol. The van der Waals surface area contributed by atoms with Gasteiger partial charge in [-0.1, -0.05) is 18.2 Å². The average molecular weight is 406 g/mol. The molecule has 0 spiro atoms. The van der Waals surface area contributed by atoms with Crippen LogP contribution in [0.3, 0.4) is 0 Å². The summed E-state index contributed by atoms with van der Waals surface area (Å²) < 4.78 is 36.9. The monoisotopic (exact) mass is 406 g/mol. The van der Waals surface area contributed by atoms with E-state index in [1.165, 1.54) is 9.21 Å². The summed E-state index contributed by atoms with van der Waals surface area (Å²) in [6, 6.07) is 9.75. The normalized spacial score (nSPS) is 15.4. The highest BCUT2D eigenvalue weighted by Gasteiger charge is 2.30. The van der Waals surface area contributed by atoms with Crippen LogP contribution in [0, 0.1) is 13.8 Å². The Hall–Kier alpha value is -2.65. The van der Waals surface area contributed by atoms with E-state index in [2.05, 4.69) is 0 Å². The lowest BCUT2D eigenvalue weighted by Gasteiger charge is -2.33. The first-order chi connectivity index (χ1) is 13.3. The molecule has 9 heteroatoms. The third kappa shape index (κ3) is 4.26. The van der Waals surface area contributed by atoms with Crippen molar-refractivity contribution in [1.82, 2.24) is 9.21 Å². The van der Waals surface area contributed by atoms with E-state index in [1.807, 2.05) is 0 Å². The molecule has 0 unspecified atom stereocenters. The second kappa shape index (κ2) is 8.15. The number of carbonyl (C=O) groups is 2. The van der Waals surface area contributed by atoms with Gasteiger partial charge in [0.15, 0.2) is 6.61 Å². The Labute approximate surface area is 163 Å². The second-order valence-corrected chi connectivity index (χ2v) is 8.44. The molecule has 28 heavy (non-hydrogen) atoms. The molecular weight excluding hydrogens is 384 g/mol. The number of aryl methyl sites for hydroxylation is 2. The molecule has 0 aliphatic carbocycles. The van der Waals surface area contributed by atoms with E-state index in [-0.39, 0.29) is 37.0 Å². The summed E-state index contributed by atoms with van der Waals surface area (Å²) in [4.78, 5) is 26.1. The van der Waals surface area contributed by atoms with Crippen molar-refractivity contribution in [3.63, 3.8) is 0 Å². The zero-order valence-corrected chi connectivity index (χ0v) is 16.6. The van der Waals surface area contributed by atoms with Crippen LogP contribution >= 0.6 is 0 Å². The molecule has 1 aliphatic heterocycles. The minimum Gasteiger partial charge on any atom is -0.466 e. The Morgan fingerprint density at radius 1 is 1.07 bits per heavy atom. The van der Waals surface area contributed by atoms with E-state index in [1.54, 1.807) is 50.2 Å². The molecule has 1 aromatic carbocycles. The van der Waals surface area contributed by atoms with Crippen LogP contribution in [-0.2, 0) is 19.6 Å². The summed E-state index contributed by atoms with van der Waals surface area (Å²) in [5.74, 6) is 0.0529. The van der Waals surface area contributed by atoms with Crippen molar-refractivity contribution in [2.45, 2.75) is 18.7 Å². The molecule has 0 atom stereocenters. The van der Waals surface area contributed by atoms with E-state index in [0.717, 1.165) is 0 Å². The Bertz CT molecular complexity index is 960. The van der Waals surface area contributed by atoms with Gasteiger partial charge in [0.25, 0.3) is 5.91 Å². The number of ether oxygens (including phenoxy) is 1. The molecule has 0 radical (unpaired) electrons. The molecule has 0 N–H and O–H groups in total. The summed E-state index contributed by atoms with van der Waals surface area (Å²) >= 11 is 0. The molecule has 1 aromatic heterocycles. The van der Waals surface area contributed by atoms with Crippen LogP contribution in [0.5, 0.6) is 0 Å². The summed E-state index contributed by atoms with van der Waals surface area (Å²) in [5, 5.41) is 0. The molecule has 0 bridgehead atoms. The third-order valence-corrected chi connectivity index (χ3v) is 6.47.